The topological polar surface area (TPSA) is 12.0 Å². The Morgan fingerprint density at radius 1 is 1.69 bits per heavy atom. The fourth-order valence-electron chi connectivity index (χ4n) is 0.794. The molecule has 0 saturated heterocycles. The zero-order valence-corrected chi connectivity index (χ0v) is 9.43. The highest BCUT2D eigenvalue weighted by Crippen LogP contribution is 2.32. The van der Waals surface area contributed by atoms with E-state index in [1.54, 1.807) is 0 Å². The predicted molar refractivity (Wildman–Crippen MR) is 59.5 cm³/mol. The molecule has 1 atom stereocenters. The summed E-state index contributed by atoms with van der Waals surface area (Å²) >= 11 is 13.2. The minimum atomic E-state index is 0.0507. The summed E-state index contributed by atoms with van der Waals surface area (Å²) in [6.45, 7) is 2.58. The Hall–Kier alpha value is -0.200. The molecule has 0 fully saturated rings. The van der Waals surface area contributed by atoms with Crippen LogP contribution in [0.25, 0.3) is 0 Å². The summed E-state index contributed by atoms with van der Waals surface area (Å²) in [5.41, 5.74) is 0.999. The maximum atomic E-state index is 5.92. The van der Waals surface area contributed by atoms with E-state index < -0.39 is 0 Å². The summed E-state index contributed by atoms with van der Waals surface area (Å²) in [5.74, 6) is 2.58. The third-order valence-electron chi connectivity index (χ3n) is 1.61. The molecule has 0 bridgehead atoms. The lowest BCUT2D eigenvalue weighted by molar-refractivity contribution is 0.649. The molecule has 1 heterocycles. The fourth-order valence-corrected chi connectivity index (χ4v) is 2.05. The van der Waals surface area contributed by atoms with Gasteiger partial charge in [-0.25, -0.2) is 0 Å². The number of rotatable bonds is 3. The van der Waals surface area contributed by atoms with Crippen molar-refractivity contribution in [1.82, 2.24) is 5.32 Å². The number of nitrogens with one attached hydrogen (secondary N) is 1. The molecule has 1 aromatic heterocycles. The molecule has 1 aromatic rings. The first-order chi connectivity index (χ1) is 6.15. The molecule has 0 aliphatic heterocycles. The van der Waals surface area contributed by atoms with Gasteiger partial charge in [0.1, 0.15) is 4.34 Å². The zero-order valence-electron chi connectivity index (χ0n) is 7.10. The molecule has 0 aliphatic rings. The van der Waals surface area contributed by atoms with E-state index in [2.05, 4.69) is 11.2 Å². The second kappa shape index (κ2) is 4.88. The Kier molecular flexibility index (Phi) is 4.08. The Balaban J connectivity index is 2.56. The van der Waals surface area contributed by atoms with Crippen molar-refractivity contribution in [3.63, 3.8) is 0 Å². The highest BCUT2D eigenvalue weighted by atomic mass is 35.5. The van der Waals surface area contributed by atoms with Crippen LogP contribution in [-0.4, -0.2) is 6.04 Å². The molecule has 0 spiro atoms. The minimum absolute atomic E-state index is 0.0507. The van der Waals surface area contributed by atoms with Gasteiger partial charge in [0, 0.05) is 6.54 Å². The smallest absolute Gasteiger partial charge is 0.112 e. The van der Waals surface area contributed by atoms with Crippen molar-refractivity contribution in [2.45, 2.75) is 19.5 Å². The first-order valence-electron chi connectivity index (χ1n) is 3.76. The maximum Gasteiger partial charge on any atom is 0.112 e. The fraction of sp³-hybridized carbons (Fsp3) is 0.333. The number of hydrogen-bond donors (Lipinski definition) is 1. The van der Waals surface area contributed by atoms with E-state index in [0.717, 1.165) is 5.56 Å². The summed E-state index contributed by atoms with van der Waals surface area (Å²) in [7, 11) is 0. The van der Waals surface area contributed by atoms with Crippen LogP contribution in [0.2, 0.25) is 9.36 Å². The normalized spacial score (nSPS) is 12.5. The molecule has 70 valence electrons. The SMILES string of the molecule is C#CC(C)NCc1csc(Cl)c1Cl. The van der Waals surface area contributed by atoms with Gasteiger partial charge in [-0.1, -0.05) is 29.1 Å². The number of thiophene rings is 1. The molecule has 0 saturated carbocycles. The van der Waals surface area contributed by atoms with Crippen molar-refractivity contribution in [3.05, 3.63) is 20.3 Å². The molecular weight excluding hydrogens is 225 g/mol. The van der Waals surface area contributed by atoms with Gasteiger partial charge in [-0.3, -0.25) is 5.32 Å². The van der Waals surface area contributed by atoms with E-state index in [0.29, 0.717) is 15.9 Å². The van der Waals surface area contributed by atoms with E-state index in [9.17, 15) is 0 Å². The van der Waals surface area contributed by atoms with Gasteiger partial charge in [0.2, 0.25) is 0 Å². The lowest BCUT2D eigenvalue weighted by Gasteiger charge is -2.05. The highest BCUT2D eigenvalue weighted by molar-refractivity contribution is 7.15. The zero-order chi connectivity index (χ0) is 9.84. The number of halogens is 2. The van der Waals surface area contributed by atoms with E-state index in [-0.39, 0.29) is 6.04 Å². The van der Waals surface area contributed by atoms with Crippen LogP contribution >= 0.6 is 34.5 Å². The van der Waals surface area contributed by atoms with Gasteiger partial charge < -0.3 is 0 Å². The molecule has 0 radical (unpaired) electrons. The van der Waals surface area contributed by atoms with Crippen molar-refractivity contribution >= 4 is 34.5 Å². The lowest BCUT2D eigenvalue weighted by atomic mass is 10.3. The van der Waals surface area contributed by atoms with Gasteiger partial charge in [-0.2, -0.15) is 0 Å². The van der Waals surface area contributed by atoms with Gasteiger partial charge >= 0.3 is 0 Å². The number of hydrogen-bond acceptors (Lipinski definition) is 2. The summed E-state index contributed by atoms with van der Waals surface area (Å²) in [5, 5.41) is 5.69. The highest BCUT2D eigenvalue weighted by Gasteiger charge is 2.07. The molecule has 0 aliphatic carbocycles. The molecule has 4 heteroatoms. The van der Waals surface area contributed by atoms with Crippen LogP contribution in [0.3, 0.4) is 0 Å². The van der Waals surface area contributed by atoms with E-state index in [1.165, 1.54) is 11.3 Å². The largest absolute Gasteiger partial charge is 0.300 e. The molecule has 0 aromatic carbocycles. The van der Waals surface area contributed by atoms with Crippen LogP contribution in [0.1, 0.15) is 12.5 Å². The van der Waals surface area contributed by atoms with Crippen LogP contribution in [0.15, 0.2) is 5.38 Å². The predicted octanol–water partition coefficient (Wildman–Crippen LogP) is 3.17. The average molecular weight is 234 g/mol. The minimum Gasteiger partial charge on any atom is -0.300 e. The Morgan fingerprint density at radius 2 is 2.38 bits per heavy atom. The summed E-state index contributed by atoms with van der Waals surface area (Å²) < 4.78 is 0.631. The van der Waals surface area contributed by atoms with Gasteiger partial charge in [0.15, 0.2) is 0 Å². The van der Waals surface area contributed by atoms with Crippen molar-refractivity contribution in [2.75, 3.05) is 0 Å². The van der Waals surface area contributed by atoms with Crippen molar-refractivity contribution in [3.8, 4) is 12.3 Å². The standard InChI is InChI=1S/C9H9Cl2NS/c1-3-6(2)12-4-7-5-13-9(11)8(7)10/h1,5-6,12H,4H2,2H3. The monoisotopic (exact) mass is 233 g/mol. The van der Waals surface area contributed by atoms with Gasteiger partial charge in [-0.05, 0) is 17.9 Å². The third-order valence-corrected chi connectivity index (χ3v) is 3.52. The molecule has 1 nitrogen and oxygen atoms in total. The second-order valence-corrected chi connectivity index (χ2v) is 4.48. The van der Waals surface area contributed by atoms with Crippen molar-refractivity contribution < 1.29 is 0 Å². The van der Waals surface area contributed by atoms with Gasteiger partial charge in [0.05, 0.1) is 11.1 Å². The second-order valence-electron chi connectivity index (χ2n) is 2.62. The molecule has 1 rings (SSSR count). The van der Waals surface area contributed by atoms with Crippen LogP contribution in [0.4, 0.5) is 0 Å². The van der Waals surface area contributed by atoms with Crippen molar-refractivity contribution in [1.29, 1.82) is 0 Å². The van der Waals surface area contributed by atoms with Crippen LogP contribution < -0.4 is 5.32 Å². The average Bonchev–Trinajstić information content (AvgIpc) is 2.44. The summed E-state index contributed by atoms with van der Waals surface area (Å²) in [6, 6.07) is 0.0507. The molecule has 1 N–H and O–H groups in total. The number of terminal acetylenes is 1. The lowest BCUT2D eigenvalue weighted by Crippen LogP contribution is -2.23. The van der Waals surface area contributed by atoms with E-state index in [4.69, 9.17) is 29.6 Å². The van der Waals surface area contributed by atoms with Crippen LogP contribution in [-0.2, 0) is 6.54 Å². The molecule has 0 amide bonds. The maximum absolute atomic E-state index is 5.92. The van der Waals surface area contributed by atoms with Crippen molar-refractivity contribution in [2.24, 2.45) is 0 Å². The Labute approximate surface area is 92.1 Å². The van der Waals surface area contributed by atoms with Gasteiger partial charge in [-0.15, -0.1) is 17.8 Å². The Bertz CT molecular complexity index is 327. The molecule has 1 unspecified atom stereocenters. The summed E-state index contributed by atoms with van der Waals surface area (Å²) in [6.07, 6.45) is 5.21. The molecular formula is C9H9Cl2NS. The quantitative estimate of drug-likeness (QED) is 0.792. The van der Waals surface area contributed by atoms with Crippen LogP contribution in [0.5, 0.6) is 0 Å². The third kappa shape index (κ3) is 2.89. The first kappa shape index (κ1) is 10.9. The van der Waals surface area contributed by atoms with Gasteiger partial charge in [0.25, 0.3) is 0 Å². The van der Waals surface area contributed by atoms with E-state index in [1.807, 2.05) is 12.3 Å². The van der Waals surface area contributed by atoms with Crippen LogP contribution in [0, 0.1) is 12.3 Å². The van der Waals surface area contributed by atoms with E-state index >= 15 is 0 Å². The Morgan fingerprint density at radius 3 is 2.85 bits per heavy atom. The summed E-state index contributed by atoms with van der Waals surface area (Å²) in [4.78, 5) is 0. The first-order valence-corrected chi connectivity index (χ1v) is 5.39. The molecule has 13 heavy (non-hydrogen) atoms.